The van der Waals surface area contributed by atoms with Crippen LogP contribution in [0.25, 0.3) is 0 Å². The molecule has 0 saturated heterocycles. The summed E-state index contributed by atoms with van der Waals surface area (Å²) in [5, 5.41) is 0. The number of rotatable bonds is 33. The maximum absolute atomic E-state index is 12.2. The molecule has 0 N–H and O–H groups in total. The normalized spacial score (nSPS) is 12.0. The molecule has 0 radical (unpaired) electrons. The molecule has 0 aromatic heterocycles. The van der Waals surface area contributed by atoms with E-state index >= 15 is 0 Å². The van der Waals surface area contributed by atoms with Crippen molar-refractivity contribution in [2.75, 3.05) is 0 Å². The van der Waals surface area contributed by atoms with E-state index in [1.807, 2.05) is 0 Å². The van der Waals surface area contributed by atoms with Crippen molar-refractivity contribution in [1.29, 1.82) is 0 Å². The molecule has 0 aliphatic rings. The second kappa shape index (κ2) is 34.9. The summed E-state index contributed by atoms with van der Waals surface area (Å²) in [4.78, 5) is 12.2. The molecule has 0 unspecified atom stereocenters. The lowest BCUT2D eigenvalue weighted by Crippen LogP contribution is -2.14. The first kappa shape index (κ1) is 39.7. The summed E-state index contributed by atoms with van der Waals surface area (Å²) in [5.74, 6) is 0.389. The van der Waals surface area contributed by atoms with E-state index in [0.29, 0.717) is 10.6 Å². The zero-order valence-corrected chi connectivity index (χ0v) is 30.0. The molecule has 0 fully saturated rings. The van der Waals surface area contributed by atoms with Gasteiger partial charge in [-0.2, -0.15) is 0 Å². The number of hydrogen-bond acceptors (Lipinski definition) is 1. The molecule has 0 spiro atoms. The molecule has 0 aliphatic heterocycles. The van der Waals surface area contributed by atoms with E-state index in [4.69, 9.17) is 0 Å². The lowest BCUT2D eigenvalue weighted by molar-refractivity contribution is -0.115. The molecule has 0 heterocycles. The van der Waals surface area contributed by atoms with Crippen molar-refractivity contribution >= 4 is 20.9 Å². The van der Waals surface area contributed by atoms with Crippen LogP contribution in [0.4, 0.5) is 0 Å². The van der Waals surface area contributed by atoms with Gasteiger partial charge in [0, 0.05) is 4.65 Å². The van der Waals surface area contributed by atoms with E-state index in [2.05, 4.69) is 38.2 Å². The predicted octanol–water partition coefficient (Wildman–Crippen LogP) is 12.6. The standard InChI is InChI=1S/C38H71O.Al.2H/c1-3-5-7-9-11-13-15-17-19-21-23-25-27-29-31-33-35-38(37-39)36-34-32-30-28-26-24-22-20-18-16-14-12-10-8-6-4-2;;;/h17-20,38H,3-16,21-36H2,1-2H3;;;/b19-17-,20-18-;;;. The van der Waals surface area contributed by atoms with E-state index in [9.17, 15) is 4.79 Å². The number of hydrogen-bond donors (Lipinski definition) is 0. The van der Waals surface area contributed by atoms with E-state index in [1.54, 1.807) is 0 Å². The average Bonchev–Trinajstić information content (AvgIpc) is 2.95. The molecule has 0 rings (SSSR count). The Morgan fingerprint density at radius 3 is 0.950 bits per heavy atom. The smallest absolute Gasteiger partial charge is 0.319 e. The topological polar surface area (TPSA) is 17.1 Å². The molecule has 0 amide bonds. The van der Waals surface area contributed by atoms with E-state index < -0.39 is 0 Å². The first-order valence-electron chi connectivity index (χ1n) is 18.5. The number of allylic oxidation sites excluding steroid dienone is 4. The van der Waals surface area contributed by atoms with Crippen LogP contribution in [0.5, 0.6) is 0 Å². The minimum Gasteiger partial charge on any atom is -0.322 e. The van der Waals surface area contributed by atoms with Crippen molar-refractivity contribution in [3.05, 3.63) is 24.3 Å². The van der Waals surface area contributed by atoms with Crippen molar-refractivity contribution in [3.63, 3.8) is 0 Å². The summed E-state index contributed by atoms with van der Waals surface area (Å²) >= 11 is 0.742. The maximum Gasteiger partial charge on any atom is 0.319 e. The Morgan fingerprint density at radius 2 is 0.675 bits per heavy atom. The third-order valence-corrected chi connectivity index (χ3v) is 9.52. The van der Waals surface area contributed by atoms with Gasteiger partial charge in [0.15, 0.2) is 0 Å². The van der Waals surface area contributed by atoms with Gasteiger partial charge in [0.25, 0.3) is 0 Å². The van der Waals surface area contributed by atoms with Gasteiger partial charge in [0.2, 0.25) is 0 Å². The van der Waals surface area contributed by atoms with Gasteiger partial charge in [-0.3, -0.25) is 0 Å². The van der Waals surface area contributed by atoms with Crippen LogP contribution in [0.15, 0.2) is 24.3 Å². The van der Waals surface area contributed by atoms with Crippen molar-refractivity contribution in [2.24, 2.45) is 5.92 Å². The Hall–Kier alpha value is -0.318. The highest BCUT2D eigenvalue weighted by Gasteiger charge is 2.12. The van der Waals surface area contributed by atoms with Crippen LogP contribution in [0, 0.1) is 5.92 Å². The zero-order valence-electron chi connectivity index (χ0n) is 28.0. The van der Waals surface area contributed by atoms with Gasteiger partial charge in [-0.25, -0.2) is 0 Å². The van der Waals surface area contributed by atoms with E-state index in [1.165, 1.54) is 180 Å². The van der Waals surface area contributed by atoms with E-state index in [0.717, 1.165) is 29.1 Å². The molecule has 0 saturated carbocycles. The SMILES string of the molecule is CCCCCCCC/C=C\CCCCCCCCC(CCCCCCCC/C=C\CCCCCCCC)[C](=O)[AlH2]. The van der Waals surface area contributed by atoms with Crippen LogP contribution < -0.4 is 0 Å². The summed E-state index contributed by atoms with van der Waals surface area (Å²) < 4.78 is 0.570. The lowest BCUT2D eigenvalue weighted by Gasteiger charge is -2.14. The molecule has 1 nitrogen and oxygen atoms in total. The first-order chi connectivity index (χ1) is 19.7. The Kier molecular flexibility index (Phi) is 34.6. The summed E-state index contributed by atoms with van der Waals surface area (Å²) in [6, 6.07) is 0. The third kappa shape index (κ3) is 32.2. The zero-order chi connectivity index (χ0) is 29.2. The van der Waals surface area contributed by atoms with Gasteiger partial charge in [-0.05, 0) is 70.1 Å². The molecule has 40 heavy (non-hydrogen) atoms. The van der Waals surface area contributed by atoms with Gasteiger partial charge in [-0.15, -0.1) is 0 Å². The largest absolute Gasteiger partial charge is 0.322 e. The Bertz CT molecular complexity index is 510. The molecule has 0 atom stereocenters. The van der Waals surface area contributed by atoms with Crippen molar-refractivity contribution in [1.82, 2.24) is 0 Å². The number of carbonyl (C=O) groups excluding carboxylic acids is 1. The van der Waals surface area contributed by atoms with Crippen LogP contribution in [0.1, 0.15) is 206 Å². The molecule has 0 aromatic carbocycles. The minimum absolute atomic E-state index is 0.389. The molecule has 234 valence electrons. The Labute approximate surface area is 261 Å². The summed E-state index contributed by atoms with van der Waals surface area (Å²) in [6.45, 7) is 4.58. The van der Waals surface area contributed by atoms with Gasteiger partial charge in [0.05, 0.1) is 0 Å². The van der Waals surface area contributed by atoms with Gasteiger partial charge in [-0.1, -0.05) is 167 Å². The van der Waals surface area contributed by atoms with Crippen LogP contribution in [-0.2, 0) is 4.79 Å². The van der Waals surface area contributed by atoms with Gasteiger partial charge >= 0.3 is 16.3 Å². The van der Waals surface area contributed by atoms with Crippen LogP contribution in [0.3, 0.4) is 0 Å². The number of unbranched alkanes of at least 4 members (excludes halogenated alkanes) is 24. The van der Waals surface area contributed by atoms with Crippen LogP contribution >= 0.6 is 0 Å². The molecular formula is C38H73AlO. The van der Waals surface area contributed by atoms with E-state index in [-0.39, 0.29) is 0 Å². The van der Waals surface area contributed by atoms with Crippen molar-refractivity contribution < 1.29 is 4.79 Å². The quantitative estimate of drug-likeness (QED) is 0.0434. The van der Waals surface area contributed by atoms with Gasteiger partial charge in [0.1, 0.15) is 0 Å². The van der Waals surface area contributed by atoms with Crippen LogP contribution in [0.2, 0.25) is 0 Å². The highest BCUT2D eigenvalue weighted by Crippen LogP contribution is 2.20. The highest BCUT2D eigenvalue weighted by atomic mass is 27.0. The highest BCUT2D eigenvalue weighted by molar-refractivity contribution is 6.58. The molecular weight excluding hydrogens is 499 g/mol. The summed E-state index contributed by atoms with van der Waals surface area (Å²) in [7, 11) is 0. The van der Waals surface area contributed by atoms with Gasteiger partial charge < -0.3 is 4.79 Å². The molecule has 0 aromatic rings. The Balaban J connectivity index is 3.47. The number of carbonyl (C=O) groups is 1. The summed E-state index contributed by atoms with van der Waals surface area (Å²) in [6.07, 6.45) is 50.0. The van der Waals surface area contributed by atoms with Crippen molar-refractivity contribution in [3.8, 4) is 0 Å². The fourth-order valence-electron chi connectivity index (χ4n) is 5.83. The van der Waals surface area contributed by atoms with Crippen molar-refractivity contribution in [2.45, 2.75) is 206 Å². The Morgan fingerprint density at radius 1 is 0.425 bits per heavy atom. The third-order valence-electron chi connectivity index (χ3n) is 8.70. The fourth-order valence-corrected chi connectivity index (χ4v) is 6.40. The molecule has 2 heteroatoms. The monoisotopic (exact) mass is 573 g/mol. The molecule has 0 aliphatic carbocycles. The second-order valence-electron chi connectivity index (χ2n) is 12.8. The minimum atomic E-state index is 0.389. The van der Waals surface area contributed by atoms with Crippen LogP contribution in [-0.4, -0.2) is 20.9 Å². The second-order valence-corrected chi connectivity index (χ2v) is 13.7. The first-order valence-corrected chi connectivity index (χ1v) is 19.5. The predicted molar refractivity (Wildman–Crippen MR) is 185 cm³/mol. The maximum atomic E-state index is 12.2. The summed E-state index contributed by atoms with van der Waals surface area (Å²) in [5.41, 5.74) is 0. The lowest BCUT2D eigenvalue weighted by atomic mass is 9.95. The average molecular weight is 573 g/mol. The molecule has 0 bridgehead atoms. The fraction of sp³-hybridized carbons (Fsp3) is 0.868.